The van der Waals surface area contributed by atoms with Gasteiger partial charge in [0.2, 0.25) is 0 Å². The molecule has 1 fully saturated rings. The summed E-state index contributed by atoms with van der Waals surface area (Å²) in [7, 11) is 0. The normalized spacial score (nSPS) is 16.8. The van der Waals surface area contributed by atoms with Crippen molar-refractivity contribution in [3.05, 3.63) is 41.6 Å². The molecule has 0 unspecified atom stereocenters. The van der Waals surface area contributed by atoms with Gasteiger partial charge in [0.25, 0.3) is 0 Å². The van der Waals surface area contributed by atoms with Crippen LogP contribution in [0, 0.1) is 0 Å². The number of anilines is 1. The third-order valence-corrected chi connectivity index (χ3v) is 4.57. The van der Waals surface area contributed by atoms with Crippen molar-refractivity contribution in [2.24, 2.45) is 0 Å². The number of nitrogens with zero attached hydrogens (tertiary/aromatic N) is 3. The maximum atomic E-state index is 9.25. The van der Waals surface area contributed by atoms with Gasteiger partial charge in [-0.3, -0.25) is 0 Å². The third-order valence-electron chi connectivity index (χ3n) is 3.74. The van der Waals surface area contributed by atoms with Gasteiger partial charge >= 0.3 is 0 Å². The first-order valence-corrected chi connectivity index (χ1v) is 7.38. The van der Waals surface area contributed by atoms with Crippen molar-refractivity contribution < 1.29 is 5.11 Å². The molecule has 0 amide bonds. The molecule has 2 aromatic rings. The van der Waals surface area contributed by atoms with Crippen LogP contribution in [0.5, 0.6) is 0 Å². The zero-order valence-electron chi connectivity index (χ0n) is 10.7. The lowest BCUT2D eigenvalue weighted by atomic mass is 9.89. The summed E-state index contributed by atoms with van der Waals surface area (Å²) in [6.45, 7) is 2.00. The van der Waals surface area contributed by atoms with Crippen molar-refractivity contribution in [1.29, 1.82) is 0 Å². The van der Waals surface area contributed by atoms with Gasteiger partial charge < -0.3 is 10.0 Å². The number of aliphatic hydroxyl groups excluding tert-OH is 1. The van der Waals surface area contributed by atoms with Crippen LogP contribution in [0.1, 0.15) is 30.0 Å². The minimum absolute atomic E-state index is 0.0234. The topological polar surface area (TPSA) is 49.3 Å². The third kappa shape index (κ3) is 2.62. The van der Waals surface area contributed by atoms with E-state index in [1.54, 1.807) is 0 Å². The molecule has 1 aromatic carbocycles. The van der Waals surface area contributed by atoms with Crippen molar-refractivity contribution in [3.63, 3.8) is 0 Å². The highest BCUT2D eigenvalue weighted by Crippen LogP contribution is 2.32. The average Bonchev–Trinajstić information content (AvgIpc) is 2.97. The Bertz CT molecular complexity index is 520. The molecule has 0 aliphatic carbocycles. The molecule has 100 valence electrons. The number of hydrogen-bond donors (Lipinski definition) is 1. The average molecular weight is 275 g/mol. The molecule has 3 rings (SSSR count). The van der Waals surface area contributed by atoms with Gasteiger partial charge in [0.15, 0.2) is 0 Å². The number of benzene rings is 1. The van der Waals surface area contributed by atoms with Crippen molar-refractivity contribution in [1.82, 2.24) is 9.59 Å². The highest BCUT2D eigenvalue weighted by molar-refractivity contribution is 7.10. The van der Waals surface area contributed by atoms with E-state index in [4.69, 9.17) is 0 Å². The summed E-state index contributed by atoms with van der Waals surface area (Å²) >= 11 is 1.38. The minimum atomic E-state index is -0.0234. The van der Waals surface area contributed by atoms with Crippen LogP contribution in [-0.2, 0) is 6.61 Å². The summed E-state index contributed by atoms with van der Waals surface area (Å²) in [5, 5.41) is 14.2. The monoisotopic (exact) mass is 275 g/mol. The molecule has 0 radical (unpaired) electrons. The van der Waals surface area contributed by atoms with Crippen LogP contribution in [0.15, 0.2) is 30.3 Å². The summed E-state index contributed by atoms with van der Waals surface area (Å²) in [5.41, 5.74) is 2.15. The number of aliphatic hydroxyl groups is 1. The van der Waals surface area contributed by atoms with Crippen LogP contribution < -0.4 is 4.90 Å². The summed E-state index contributed by atoms with van der Waals surface area (Å²) in [5.74, 6) is 0.649. The molecule has 2 heterocycles. The van der Waals surface area contributed by atoms with Gasteiger partial charge in [0.1, 0.15) is 10.7 Å². The smallest absolute Gasteiger partial charge is 0.138 e. The van der Waals surface area contributed by atoms with E-state index in [-0.39, 0.29) is 6.61 Å². The van der Waals surface area contributed by atoms with Gasteiger partial charge in [0.05, 0.1) is 6.61 Å². The fourth-order valence-corrected chi connectivity index (χ4v) is 3.41. The first kappa shape index (κ1) is 12.6. The van der Waals surface area contributed by atoms with Crippen LogP contribution in [0.25, 0.3) is 0 Å². The van der Waals surface area contributed by atoms with Crippen molar-refractivity contribution in [3.8, 4) is 0 Å². The van der Waals surface area contributed by atoms with Crippen molar-refractivity contribution >= 4 is 16.5 Å². The first-order valence-electron chi connectivity index (χ1n) is 6.60. The van der Waals surface area contributed by atoms with Gasteiger partial charge in [-0.15, -0.1) is 5.10 Å². The van der Waals surface area contributed by atoms with E-state index in [0.717, 1.165) is 30.9 Å². The molecule has 1 aliphatic rings. The molecule has 1 aliphatic heterocycles. The molecule has 1 aromatic heterocycles. The molecule has 0 atom stereocenters. The standard InChI is InChI=1S/C14H17N3OS/c18-10-13-14(19-16-15-13)17-8-6-12(7-9-17)11-4-2-1-3-5-11/h1-5,12,18H,6-10H2. The Labute approximate surface area is 116 Å². The van der Waals surface area contributed by atoms with Gasteiger partial charge in [-0.25, -0.2) is 0 Å². The number of hydrogen-bond acceptors (Lipinski definition) is 5. The SMILES string of the molecule is OCc1nnsc1N1CCC(c2ccccc2)CC1. The van der Waals surface area contributed by atoms with E-state index >= 15 is 0 Å². The largest absolute Gasteiger partial charge is 0.390 e. The Hall–Kier alpha value is -1.46. The fourth-order valence-electron chi connectivity index (χ4n) is 2.68. The molecular weight excluding hydrogens is 258 g/mol. The maximum Gasteiger partial charge on any atom is 0.138 e. The summed E-state index contributed by atoms with van der Waals surface area (Å²) < 4.78 is 3.94. The van der Waals surface area contributed by atoms with E-state index in [1.165, 1.54) is 17.1 Å². The van der Waals surface area contributed by atoms with Crippen molar-refractivity contribution in [2.45, 2.75) is 25.4 Å². The molecular formula is C14H17N3OS. The second-order valence-corrected chi connectivity index (χ2v) is 5.59. The molecule has 5 heteroatoms. The van der Waals surface area contributed by atoms with E-state index < -0.39 is 0 Å². The Kier molecular flexibility index (Phi) is 3.75. The highest BCUT2D eigenvalue weighted by atomic mass is 32.1. The zero-order chi connectivity index (χ0) is 13.1. The first-order chi connectivity index (χ1) is 9.38. The quantitative estimate of drug-likeness (QED) is 0.934. The Balaban J connectivity index is 1.67. The lowest BCUT2D eigenvalue weighted by molar-refractivity contribution is 0.276. The zero-order valence-corrected chi connectivity index (χ0v) is 11.5. The van der Waals surface area contributed by atoms with Crippen molar-refractivity contribution in [2.75, 3.05) is 18.0 Å². The Morgan fingerprint density at radius 1 is 1.21 bits per heavy atom. The van der Waals surface area contributed by atoms with Gasteiger partial charge in [0, 0.05) is 24.6 Å². The predicted molar refractivity (Wildman–Crippen MR) is 76.5 cm³/mol. The van der Waals surface area contributed by atoms with E-state index in [2.05, 4.69) is 44.8 Å². The van der Waals surface area contributed by atoms with E-state index in [0.29, 0.717) is 11.6 Å². The molecule has 0 saturated carbocycles. The summed E-state index contributed by atoms with van der Waals surface area (Å²) in [6, 6.07) is 10.7. The van der Waals surface area contributed by atoms with Gasteiger partial charge in [-0.2, -0.15) is 0 Å². The van der Waals surface area contributed by atoms with E-state index in [1.807, 2.05) is 0 Å². The lowest BCUT2D eigenvalue weighted by Crippen LogP contribution is -2.32. The summed E-state index contributed by atoms with van der Waals surface area (Å²) in [4.78, 5) is 2.30. The minimum Gasteiger partial charge on any atom is -0.390 e. The van der Waals surface area contributed by atoms with Crippen LogP contribution in [0.3, 0.4) is 0 Å². The number of aromatic nitrogens is 2. The van der Waals surface area contributed by atoms with E-state index in [9.17, 15) is 5.11 Å². The Morgan fingerprint density at radius 3 is 2.63 bits per heavy atom. The molecule has 4 nitrogen and oxygen atoms in total. The van der Waals surface area contributed by atoms with Gasteiger partial charge in [-0.05, 0) is 24.3 Å². The molecule has 19 heavy (non-hydrogen) atoms. The second-order valence-electron chi connectivity index (χ2n) is 4.85. The fraction of sp³-hybridized carbons (Fsp3) is 0.429. The summed E-state index contributed by atoms with van der Waals surface area (Å²) in [6.07, 6.45) is 2.29. The maximum absolute atomic E-state index is 9.25. The van der Waals surface area contributed by atoms with Crippen LogP contribution >= 0.6 is 11.5 Å². The molecule has 0 spiro atoms. The predicted octanol–water partition coefficient (Wildman–Crippen LogP) is 2.41. The Morgan fingerprint density at radius 2 is 1.95 bits per heavy atom. The second kappa shape index (κ2) is 5.67. The highest BCUT2D eigenvalue weighted by Gasteiger charge is 2.23. The van der Waals surface area contributed by atoms with Crippen LogP contribution in [0.4, 0.5) is 5.00 Å². The van der Waals surface area contributed by atoms with Gasteiger partial charge in [-0.1, -0.05) is 34.8 Å². The molecule has 0 bridgehead atoms. The van der Waals surface area contributed by atoms with Crippen LogP contribution in [0.2, 0.25) is 0 Å². The number of piperidine rings is 1. The van der Waals surface area contributed by atoms with Crippen LogP contribution in [-0.4, -0.2) is 27.8 Å². The lowest BCUT2D eigenvalue weighted by Gasteiger charge is -2.32. The number of rotatable bonds is 3. The molecule has 1 N–H and O–H groups in total. The molecule has 1 saturated heterocycles.